The van der Waals surface area contributed by atoms with Crippen molar-refractivity contribution < 1.29 is 9.53 Å². The summed E-state index contributed by atoms with van der Waals surface area (Å²) < 4.78 is 5.67. The molecule has 6 heteroatoms. The summed E-state index contributed by atoms with van der Waals surface area (Å²) in [5.41, 5.74) is 1.25. The maximum absolute atomic E-state index is 12.2. The van der Waals surface area contributed by atoms with E-state index >= 15 is 0 Å². The van der Waals surface area contributed by atoms with Crippen molar-refractivity contribution in [2.45, 2.75) is 19.6 Å². The lowest BCUT2D eigenvalue weighted by atomic mass is 10.2. The van der Waals surface area contributed by atoms with Crippen molar-refractivity contribution in [2.75, 3.05) is 40.3 Å². The summed E-state index contributed by atoms with van der Waals surface area (Å²) in [5, 5.41) is 5.08. The van der Waals surface area contributed by atoms with Crippen molar-refractivity contribution >= 4 is 17.4 Å². The number of nitrogens with one attached hydrogen (secondary N) is 1. The van der Waals surface area contributed by atoms with Crippen LogP contribution in [-0.2, 0) is 11.3 Å². The van der Waals surface area contributed by atoms with Crippen LogP contribution >= 0.6 is 11.3 Å². The van der Waals surface area contributed by atoms with E-state index in [1.54, 1.807) is 11.3 Å². The molecule has 112 valence electrons. The fourth-order valence-corrected chi connectivity index (χ4v) is 3.09. The molecule has 0 aromatic carbocycles. The zero-order valence-electron chi connectivity index (χ0n) is 12.4. The van der Waals surface area contributed by atoms with Gasteiger partial charge in [0.1, 0.15) is 0 Å². The van der Waals surface area contributed by atoms with E-state index in [0.29, 0.717) is 26.2 Å². The van der Waals surface area contributed by atoms with Gasteiger partial charge in [-0.3, -0.25) is 0 Å². The Morgan fingerprint density at radius 1 is 1.60 bits per heavy atom. The molecule has 0 bridgehead atoms. The lowest BCUT2D eigenvalue weighted by Gasteiger charge is -2.34. The first-order valence-corrected chi connectivity index (χ1v) is 7.75. The largest absolute Gasteiger partial charge is 0.373 e. The molecule has 2 rings (SSSR count). The summed E-state index contributed by atoms with van der Waals surface area (Å²) in [7, 11) is 4.03. The predicted molar refractivity (Wildman–Crippen MR) is 81.2 cm³/mol. The van der Waals surface area contributed by atoms with Gasteiger partial charge in [0, 0.05) is 24.5 Å². The first-order chi connectivity index (χ1) is 9.54. The van der Waals surface area contributed by atoms with Crippen LogP contribution in [0.25, 0.3) is 0 Å². The molecule has 1 aliphatic rings. The number of likely N-dealkylation sites (N-methyl/N-ethyl adjacent to an activating group) is 1. The number of aryl methyl sites for hydroxylation is 1. The average molecular weight is 297 g/mol. The summed E-state index contributed by atoms with van der Waals surface area (Å²) in [6.07, 6.45) is 0.105. The SMILES string of the molecule is Cc1csc(CNC(=O)N2CCOC(CN(C)C)C2)c1. The standard InChI is InChI=1S/C14H23N3O2S/c1-11-6-13(20-10-11)7-15-14(18)17-4-5-19-12(9-17)8-16(2)3/h6,10,12H,4-5,7-9H2,1-3H3,(H,15,18). The van der Waals surface area contributed by atoms with E-state index in [-0.39, 0.29) is 12.1 Å². The Kier molecular flexibility index (Phi) is 5.39. The fourth-order valence-electron chi connectivity index (χ4n) is 2.28. The van der Waals surface area contributed by atoms with Gasteiger partial charge in [0.25, 0.3) is 0 Å². The average Bonchev–Trinajstić information content (AvgIpc) is 2.81. The number of carbonyl (C=O) groups is 1. The number of nitrogens with zero attached hydrogens (tertiary/aromatic N) is 2. The number of hydrogen-bond donors (Lipinski definition) is 1. The minimum absolute atomic E-state index is 0.00288. The fraction of sp³-hybridized carbons (Fsp3) is 0.643. The molecule has 1 saturated heterocycles. The third-order valence-electron chi connectivity index (χ3n) is 3.19. The predicted octanol–water partition coefficient (Wildman–Crippen LogP) is 1.53. The Morgan fingerprint density at radius 3 is 3.05 bits per heavy atom. The van der Waals surface area contributed by atoms with Crippen LogP contribution in [0.2, 0.25) is 0 Å². The number of morpholine rings is 1. The summed E-state index contributed by atoms with van der Waals surface area (Å²) in [4.78, 5) is 17.3. The van der Waals surface area contributed by atoms with Crippen LogP contribution in [0.5, 0.6) is 0 Å². The van der Waals surface area contributed by atoms with E-state index < -0.39 is 0 Å². The van der Waals surface area contributed by atoms with Crippen LogP contribution < -0.4 is 5.32 Å². The minimum Gasteiger partial charge on any atom is -0.373 e. The normalized spacial score (nSPS) is 19.4. The molecule has 0 radical (unpaired) electrons. The second-order valence-corrected chi connectivity index (χ2v) is 6.45. The number of amides is 2. The molecule has 5 nitrogen and oxygen atoms in total. The van der Waals surface area contributed by atoms with Crippen molar-refractivity contribution in [3.8, 4) is 0 Å². The Morgan fingerprint density at radius 2 is 2.40 bits per heavy atom. The smallest absolute Gasteiger partial charge is 0.317 e. The summed E-state index contributed by atoms with van der Waals surface area (Å²) in [6, 6.07) is 2.11. The van der Waals surface area contributed by atoms with Gasteiger partial charge in [-0.05, 0) is 38.0 Å². The highest BCUT2D eigenvalue weighted by molar-refractivity contribution is 7.10. The third-order valence-corrected chi connectivity index (χ3v) is 4.25. The highest BCUT2D eigenvalue weighted by atomic mass is 32.1. The van der Waals surface area contributed by atoms with E-state index in [1.165, 1.54) is 10.4 Å². The van der Waals surface area contributed by atoms with Gasteiger partial charge in [-0.1, -0.05) is 0 Å². The number of urea groups is 1. The molecule has 1 unspecified atom stereocenters. The monoisotopic (exact) mass is 297 g/mol. The molecule has 0 spiro atoms. The Balaban J connectivity index is 1.79. The van der Waals surface area contributed by atoms with Crippen LogP contribution in [0.4, 0.5) is 4.79 Å². The molecule has 0 saturated carbocycles. The topological polar surface area (TPSA) is 44.8 Å². The zero-order valence-corrected chi connectivity index (χ0v) is 13.2. The Labute approximate surface area is 124 Å². The summed E-state index contributed by atoms with van der Waals surface area (Å²) >= 11 is 1.68. The molecule has 1 N–H and O–H groups in total. The molecule has 1 aromatic rings. The van der Waals surface area contributed by atoms with E-state index in [4.69, 9.17) is 4.74 Å². The molecule has 20 heavy (non-hydrogen) atoms. The van der Waals surface area contributed by atoms with Gasteiger partial charge >= 0.3 is 6.03 Å². The molecule has 1 aromatic heterocycles. The van der Waals surface area contributed by atoms with Gasteiger partial charge in [0.2, 0.25) is 0 Å². The van der Waals surface area contributed by atoms with Gasteiger partial charge in [0.05, 0.1) is 19.3 Å². The molecular formula is C14H23N3O2S. The van der Waals surface area contributed by atoms with Crippen LogP contribution in [0.15, 0.2) is 11.4 Å². The number of hydrogen-bond acceptors (Lipinski definition) is 4. The Bertz CT molecular complexity index is 447. The molecule has 2 heterocycles. The highest BCUT2D eigenvalue weighted by Gasteiger charge is 2.24. The maximum Gasteiger partial charge on any atom is 0.317 e. The van der Waals surface area contributed by atoms with Gasteiger partial charge < -0.3 is 19.9 Å². The quantitative estimate of drug-likeness (QED) is 0.916. The molecule has 0 aliphatic carbocycles. The molecular weight excluding hydrogens is 274 g/mol. The second-order valence-electron chi connectivity index (χ2n) is 5.45. The van der Waals surface area contributed by atoms with Gasteiger partial charge in [-0.2, -0.15) is 0 Å². The summed E-state index contributed by atoms with van der Waals surface area (Å²) in [5.74, 6) is 0. The first-order valence-electron chi connectivity index (χ1n) is 6.87. The maximum atomic E-state index is 12.2. The van der Waals surface area contributed by atoms with Gasteiger partial charge in [0.15, 0.2) is 0 Å². The number of thiophene rings is 1. The lowest BCUT2D eigenvalue weighted by Crippen LogP contribution is -2.51. The minimum atomic E-state index is 0.00288. The number of rotatable bonds is 4. The zero-order chi connectivity index (χ0) is 14.5. The van der Waals surface area contributed by atoms with E-state index in [0.717, 1.165) is 6.54 Å². The van der Waals surface area contributed by atoms with Crippen LogP contribution in [0.3, 0.4) is 0 Å². The van der Waals surface area contributed by atoms with Crippen molar-refractivity contribution in [3.63, 3.8) is 0 Å². The second kappa shape index (κ2) is 7.06. The van der Waals surface area contributed by atoms with Crippen molar-refractivity contribution in [1.29, 1.82) is 0 Å². The molecule has 1 fully saturated rings. The van der Waals surface area contributed by atoms with Crippen LogP contribution in [0.1, 0.15) is 10.4 Å². The molecule has 1 atom stereocenters. The molecule has 1 aliphatic heterocycles. The van der Waals surface area contributed by atoms with E-state index in [9.17, 15) is 4.79 Å². The summed E-state index contributed by atoms with van der Waals surface area (Å²) in [6.45, 7) is 5.45. The lowest BCUT2D eigenvalue weighted by molar-refractivity contribution is -0.0246. The molecule has 2 amide bonds. The van der Waals surface area contributed by atoms with Crippen LogP contribution in [-0.4, -0.2) is 62.3 Å². The highest BCUT2D eigenvalue weighted by Crippen LogP contribution is 2.13. The van der Waals surface area contributed by atoms with Crippen molar-refractivity contribution in [2.24, 2.45) is 0 Å². The Hall–Kier alpha value is -1.11. The van der Waals surface area contributed by atoms with Gasteiger partial charge in [-0.15, -0.1) is 11.3 Å². The van der Waals surface area contributed by atoms with E-state index in [1.807, 2.05) is 19.0 Å². The van der Waals surface area contributed by atoms with Crippen molar-refractivity contribution in [3.05, 3.63) is 21.9 Å². The van der Waals surface area contributed by atoms with E-state index in [2.05, 4.69) is 28.6 Å². The third kappa shape index (κ3) is 4.47. The van der Waals surface area contributed by atoms with Crippen molar-refractivity contribution in [1.82, 2.24) is 15.1 Å². The first kappa shape index (κ1) is 15.3. The van der Waals surface area contributed by atoms with Crippen LogP contribution in [0, 0.1) is 6.92 Å². The van der Waals surface area contributed by atoms with Gasteiger partial charge in [-0.25, -0.2) is 4.79 Å². The number of carbonyl (C=O) groups excluding carboxylic acids is 1. The number of ether oxygens (including phenoxy) is 1.